The van der Waals surface area contributed by atoms with Crippen LogP contribution < -0.4 is 0 Å². The number of fused-ring (bicyclic) bond motifs is 2. The maximum absolute atomic E-state index is 13.3. The lowest BCUT2D eigenvalue weighted by molar-refractivity contribution is -0.144. The van der Waals surface area contributed by atoms with E-state index in [0.717, 1.165) is 48.0 Å². The van der Waals surface area contributed by atoms with Crippen LogP contribution in [-0.2, 0) is 14.3 Å². The number of ketones is 1. The number of hydrogen-bond donors (Lipinski definition) is 1. The predicted molar refractivity (Wildman–Crippen MR) is 100 cm³/mol. The molecule has 0 spiro atoms. The third-order valence-corrected chi connectivity index (χ3v) is 6.54. The van der Waals surface area contributed by atoms with Gasteiger partial charge >= 0.3 is 5.97 Å². The van der Waals surface area contributed by atoms with Crippen LogP contribution in [0.25, 0.3) is 0 Å². The normalized spacial score (nSPS) is 36.3. The van der Waals surface area contributed by atoms with Gasteiger partial charge in [-0.05, 0) is 55.6 Å². The van der Waals surface area contributed by atoms with E-state index in [4.69, 9.17) is 4.74 Å². The Morgan fingerprint density at radius 2 is 1.96 bits per heavy atom. The minimum atomic E-state index is -0.754. The molecule has 0 aromatic heterocycles. The number of aliphatic hydroxyl groups excluding tert-OH is 1. The fraction of sp³-hybridized carbons (Fsp3) is 0.636. The van der Waals surface area contributed by atoms with Gasteiger partial charge in [-0.2, -0.15) is 0 Å². The van der Waals surface area contributed by atoms with Gasteiger partial charge in [-0.15, -0.1) is 0 Å². The molecule has 0 radical (unpaired) electrons. The van der Waals surface area contributed by atoms with Crippen LogP contribution in [-0.4, -0.2) is 29.1 Å². The van der Waals surface area contributed by atoms with Crippen molar-refractivity contribution in [3.63, 3.8) is 0 Å². The van der Waals surface area contributed by atoms with Crippen molar-refractivity contribution in [3.8, 4) is 0 Å². The topological polar surface area (TPSA) is 63.6 Å². The van der Waals surface area contributed by atoms with Gasteiger partial charge in [-0.1, -0.05) is 31.6 Å². The smallest absolute Gasteiger partial charge is 0.303 e. The van der Waals surface area contributed by atoms with Crippen LogP contribution >= 0.6 is 0 Å². The summed E-state index contributed by atoms with van der Waals surface area (Å²) in [6, 6.07) is 0. The van der Waals surface area contributed by atoms with E-state index in [2.05, 4.69) is 20.4 Å². The molecule has 0 aromatic carbocycles. The van der Waals surface area contributed by atoms with E-state index >= 15 is 0 Å². The number of hydrogen-bond acceptors (Lipinski definition) is 4. The highest BCUT2D eigenvalue weighted by molar-refractivity contribution is 6.04. The summed E-state index contributed by atoms with van der Waals surface area (Å²) in [4.78, 5) is 24.7. The first-order chi connectivity index (χ1) is 12.1. The van der Waals surface area contributed by atoms with Crippen LogP contribution in [0, 0.1) is 17.3 Å². The van der Waals surface area contributed by atoms with Gasteiger partial charge < -0.3 is 9.84 Å². The molecule has 1 N–H and O–H groups in total. The third kappa shape index (κ3) is 3.20. The molecule has 0 saturated heterocycles. The molecular weight excluding hydrogens is 328 g/mol. The Labute approximate surface area is 156 Å². The maximum Gasteiger partial charge on any atom is 0.303 e. The summed E-state index contributed by atoms with van der Waals surface area (Å²) in [5.41, 5.74) is 3.39. The number of ether oxygens (including phenoxy) is 1. The molecule has 0 amide bonds. The van der Waals surface area contributed by atoms with Crippen molar-refractivity contribution < 1.29 is 19.4 Å². The highest BCUT2D eigenvalue weighted by Gasteiger charge is 2.51. The van der Waals surface area contributed by atoms with Crippen molar-refractivity contribution in [2.75, 3.05) is 0 Å². The highest BCUT2D eigenvalue weighted by atomic mass is 16.5. The Morgan fingerprint density at radius 3 is 2.62 bits per heavy atom. The maximum atomic E-state index is 13.3. The standard InChI is InChI=1S/C22H30O4/c1-12-6-7-15-8-9-17-19(22(15,4)5)21(25)18(20(17)24)13(2)11-16(10-12)26-14(3)23/h11,15-16,18,20,24H,1,6-10H2,2-5H3/b13-11+/t15-,16+,18+,20+/m1/s1. The molecule has 3 aliphatic rings. The van der Waals surface area contributed by atoms with E-state index < -0.39 is 18.1 Å². The molecule has 0 unspecified atom stereocenters. The van der Waals surface area contributed by atoms with Gasteiger partial charge in [0.1, 0.15) is 6.10 Å². The van der Waals surface area contributed by atoms with Crippen LogP contribution in [0.2, 0.25) is 0 Å². The second-order valence-corrected chi connectivity index (χ2v) is 8.70. The van der Waals surface area contributed by atoms with E-state index in [0.29, 0.717) is 12.3 Å². The number of rotatable bonds is 1. The SMILES string of the molecule is C=C1CC[C@@H]2CCC3=C(C(=O)[C@@H](/C(C)=C/[C@@H](OC(C)=O)C1)[C@H]3O)C2(C)C. The zero-order valence-corrected chi connectivity index (χ0v) is 16.3. The Balaban J connectivity index is 2.06. The van der Waals surface area contributed by atoms with Crippen LogP contribution in [0.1, 0.15) is 59.8 Å². The number of allylic oxidation sites excluding steroid dienone is 1. The lowest BCUT2D eigenvalue weighted by Crippen LogP contribution is -2.33. The van der Waals surface area contributed by atoms with Gasteiger partial charge in [0, 0.05) is 18.9 Å². The molecule has 0 aliphatic heterocycles. The lowest BCUT2D eigenvalue weighted by Gasteiger charge is -2.40. The molecule has 3 rings (SSSR count). The Bertz CT molecular complexity index is 710. The summed E-state index contributed by atoms with van der Waals surface area (Å²) in [5, 5.41) is 10.9. The third-order valence-electron chi connectivity index (χ3n) is 6.54. The van der Waals surface area contributed by atoms with Gasteiger partial charge in [0.15, 0.2) is 5.78 Å². The van der Waals surface area contributed by atoms with Crippen LogP contribution in [0.3, 0.4) is 0 Å². The molecule has 0 aromatic rings. The van der Waals surface area contributed by atoms with E-state index in [-0.39, 0.29) is 17.2 Å². The monoisotopic (exact) mass is 358 g/mol. The van der Waals surface area contributed by atoms with Crippen LogP contribution in [0.15, 0.2) is 34.9 Å². The molecular formula is C22H30O4. The average Bonchev–Trinajstić information content (AvgIpc) is 2.77. The molecule has 4 atom stereocenters. The fourth-order valence-electron chi connectivity index (χ4n) is 5.18. The average molecular weight is 358 g/mol. The molecule has 0 fully saturated rings. The van der Waals surface area contributed by atoms with Gasteiger partial charge in [-0.3, -0.25) is 9.59 Å². The number of aliphatic hydroxyl groups is 1. The summed E-state index contributed by atoms with van der Waals surface area (Å²) in [6.45, 7) is 11.7. The lowest BCUT2D eigenvalue weighted by atomic mass is 9.63. The van der Waals surface area contributed by atoms with Gasteiger partial charge in [0.2, 0.25) is 0 Å². The first-order valence-electron chi connectivity index (χ1n) is 9.61. The van der Waals surface area contributed by atoms with Crippen LogP contribution in [0.4, 0.5) is 0 Å². The predicted octanol–water partition coefficient (Wildman–Crippen LogP) is 3.90. The Kier molecular flexibility index (Phi) is 5.00. The molecule has 3 aliphatic carbocycles. The highest BCUT2D eigenvalue weighted by Crippen LogP contribution is 2.53. The molecule has 0 saturated carbocycles. The van der Waals surface area contributed by atoms with E-state index in [1.807, 2.05) is 13.0 Å². The number of esters is 1. The Morgan fingerprint density at radius 1 is 1.31 bits per heavy atom. The van der Waals surface area contributed by atoms with Crippen molar-refractivity contribution in [3.05, 3.63) is 34.9 Å². The molecule has 4 heteroatoms. The first kappa shape index (κ1) is 19.1. The van der Waals surface area contributed by atoms with Gasteiger partial charge in [-0.25, -0.2) is 0 Å². The Hall–Kier alpha value is -1.68. The van der Waals surface area contributed by atoms with Crippen molar-refractivity contribution in [1.29, 1.82) is 0 Å². The minimum absolute atomic E-state index is 0.0527. The van der Waals surface area contributed by atoms with Crippen LogP contribution in [0.5, 0.6) is 0 Å². The molecule has 26 heavy (non-hydrogen) atoms. The quantitative estimate of drug-likeness (QED) is 0.570. The van der Waals surface area contributed by atoms with Crippen molar-refractivity contribution in [2.24, 2.45) is 17.3 Å². The number of carbonyl (C=O) groups excluding carboxylic acids is 2. The molecule has 3 bridgehead atoms. The summed E-state index contributed by atoms with van der Waals surface area (Å²) >= 11 is 0. The van der Waals surface area contributed by atoms with Gasteiger partial charge in [0.05, 0.1) is 12.0 Å². The molecule has 4 nitrogen and oxygen atoms in total. The zero-order valence-electron chi connectivity index (χ0n) is 16.3. The van der Waals surface area contributed by atoms with Gasteiger partial charge in [0.25, 0.3) is 0 Å². The fourth-order valence-corrected chi connectivity index (χ4v) is 5.18. The summed E-state index contributed by atoms with van der Waals surface area (Å²) < 4.78 is 5.44. The van der Waals surface area contributed by atoms with E-state index in [1.165, 1.54) is 6.92 Å². The second-order valence-electron chi connectivity index (χ2n) is 8.70. The van der Waals surface area contributed by atoms with E-state index in [1.54, 1.807) is 0 Å². The second kappa shape index (κ2) is 6.80. The molecule has 0 heterocycles. The largest absolute Gasteiger partial charge is 0.458 e. The van der Waals surface area contributed by atoms with E-state index in [9.17, 15) is 14.7 Å². The van der Waals surface area contributed by atoms with Crippen molar-refractivity contribution in [1.82, 2.24) is 0 Å². The number of Topliss-reactive ketones (excluding diaryl/α,β-unsaturated/α-hetero) is 1. The zero-order chi connectivity index (χ0) is 19.2. The first-order valence-corrected chi connectivity index (χ1v) is 9.61. The van der Waals surface area contributed by atoms with Crippen molar-refractivity contribution >= 4 is 11.8 Å². The number of carbonyl (C=O) groups is 2. The minimum Gasteiger partial charge on any atom is -0.458 e. The van der Waals surface area contributed by atoms with Crippen molar-refractivity contribution in [2.45, 2.75) is 72.0 Å². The summed E-state index contributed by atoms with van der Waals surface area (Å²) in [6.07, 6.45) is 4.83. The molecule has 142 valence electrons. The summed E-state index contributed by atoms with van der Waals surface area (Å²) in [7, 11) is 0. The summed E-state index contributed by atoms with van der Waals surface area (Å²) in [5.74, 6) is -0.454.